The van der Waals surface area contributed by atoms with Crippen LogP contribution >= 0.6 is 15.9 Å². The lowest BCUT2D eigenvalue weighted by molar-refractivity contribution is 0.0705. The highest BCUT2D eigenvalue weighted by atomic mass is 79.9. The quantitative estimate of drug-likeness (QED) is 0.807. The molecule has 0 spiro atoms. The molecule has 0 aromatic carbocycles. The van der Waals surface area contributed by atoms with Crippen molar-refractivity contribution in [2.24, 2.45) is 0 Å². The number of nitrogens with zero attached hydrogens (tertiary/aromatic N) is 3. The van der Waals surface area contributed by atoms with Crippen LogP contribution in [-0.2, 0) is 13.1 Å². The van der Waals surface area contributed by atoms with Gasteiger partial charge in [0.1, 0.15) is 5.82 Å². The summed E-state index contributed by atoms with van der Waals surface area (Å²) in [5.41, 5.74) is 0.560. The molecular formula is C11H10BrN3O2. The number of carbonyl (C=O) groups excluding carboxylic acids is 1. The van der Waals surface area contributed by atoms with E-state index in [1.807, 2.05) is 6.20 Å². The molecule has 1 aliphatic heterocycles. The minimum atomic E-state index is -0.0279. The fraction of sp³-hybridized carbons (Fsp3) is 0.273. The summed E-state index contributed by atoms with van der Waals surface area (Å²) in [5, 5.41) is 0. The molecule has 0 radical (unpaired) electrons. The molecule has 1 aliphatic rings. The normalized spacial score (nSPS) is 14.8. The standard InChI is InChI=1S/C11H10BrN3O2/c12-10-8(1-6-17-10)11(16)15-5-4-14-3-2-13-9(14)7-15/h1-3,6H,4-5,7H2. The maximum absolute atomic E-state index is 12.2. The molecule has 2 aromatic rings. The fourth-order valence-corrected chi connectivity index (χ4v) is 2.37. The van der Waals surface area contributed by atoms with Gasteiger partial charge in [-0.3, -0.25) is 4.79 Å². The van der Waals surface area contributed by atoms with Crippen LogP contribution in [-0.4, -0.2) is 26.9 Å². The molecule has 1 amide bonds. The Labute approximate surface area is 106 Å². The first kappa shape index (κ1) is 10.6. The van der Waals surface area contributed by atoms with Crippen molar-refractivity contribution in [3.8, 4) is 0 Å². The van der Waals surface area contributed by atoms with E-state index >= 15 is 0 Å². The van der Waals surface area contributed by atoms with Gasteiger partial charge in [-0.05, 0) is 22.0 Å². The zero-order valence-corrected chi connectivity index (χ0v) is 10.6. The molecule has 88 valence electrons. The number of aromatic nitrogens is 2. The second-order valence-corrected chi connectivity index (χ2v) is 4.59. The van der Waals surface area contributed by atoms with Gasteiger partial charge in [0.15, 0.2) is 4.67 Å². The third kappa shape index (κ3) is 1.78. The number of fused-ring (bicyclic) bond motifs is 1. The van der Waals surface area contributed by atoms with Crippen molar-refractivity contribution in [3.63, 3.8) is 0 Å². The monoisotopic (exact) mass is 295 g/mol. The van der Waals surface area contributed by atoms with E-state index in [2.05, 4.69) is 25.5 Å². The second kappa shape index (κ2) is 4.03. The molecule has 0 bridgehead atoms. The van der Waals surface area contributed by atoms with Gasteiger partial charge >= 0.3 is 0 Å². The molecule has 0 atom stereocenters. The van der Waals surface area contributed by atoms with Crippen LogP contribution in [0.3, 0.4) is 0 Å². The van der Waals surface area contributed by atoms with Crippen LogP contribution in [0.2, 0.25) is 0 Å². The van der Waals surface area contributed by atoms with Crippen LogP contribution in [0.5, 0.6) is 0 Å². The summed E-state index contributed by atoms with van der Waals surface area (Å²) in [6.07, 6.45) is 5.20. The average molecular weight is 296 g/mol. The van der Waals surface area contributed by atoms with Crippen LogP contribution in [0.4, 0.5) is 0 Å². The highest BCUT2D eigenvalue weighted by molar-refractivity contribution is 9.10. The van der Waals surface area contributed by atoms with Crippen molar-refractivity contribution < 1.29 is 9.21 Å². The van der Waals surface area contributed by atoms with E-state index < -0.39 is 0 Å². The lowest BCUT2D eigenvalue weighted by atomic mass is 10.2. The fourth-order valence-electron chi connectivity index (χ4n) is 1.96. The first-order valence-electron chi connectivity index (χ1n) is 5.28. The number of amides is 1. The Morgan fingerprint density at radius 2 is 2.35 bits per heavy atom. The third-order valence-electron chi connectivity index (χ3n) is 2.88. The Hall–Kier alpha value is -1.56. The summed E-state index contributed by atoms with van der Waals surface area (Å²) in [4.78, 5) is 18.2. The first-order chi connectivity index (χ1) is 8.25. The van der Waals surface area contributed by atoms with Crippen LogP contribution < -0.4 is 0 Å². The highest BCUT2D eigenvalue weighted by Crippen LogP contribution is 2.21. The predicted molar refractivity (Wildman–Crippen MR) is 63.4 cm³/mol. The number of carbonyl (C=O) groups is 1. The molecular weight excluding hydrogens is 286 g/mol. The molecule has 0 aliphatic carbocycles. The van der Waals surface area contributed by atoms with Crippen LogP contribution in [0.15, 0.2) is 33.8 Å². The molecule has 0 saturated carbocycles. The topological polar surface area (TPSA) is 51.3 Å². The van der Waals surface area contributed by atoms with E-state index in [1.165, 1.54) is 6.26 Å². The van der Waals surface area contributed by atoms with Crippen LogP contribution in [0.25, 0.3) is 0 Å². The Morgan fingerprint density at radius 1 is 1.47 bits per heavy atom. The summed E-state index contributed by atoms with van der Waals surface area (Å²) >= 11 is 3.22. The summed E-state index contributed by atoms with van der Waals surface area (Å²) in [6.45, 7) is 2.03. The average Bonchev–Trinajstić information content (AvgIpc) is 2.95. The molecule has 0 N–H and O–H groups in total. The van der Waals surface area contributed by atoms with E-state index in [4.69, 9.17) is 4.42 Å². The van der Waals surface area contributed by atoms with Gasteiger partial charge in [-0.25, -0.2) is 4.98 Å². The lowest BCUT2D eigenvalue weighted by Crippen LogP contribution is -2.38. The second-order valence-electron chi connectivity index (χ2n) is 3.87. The Kier molecular flexibility index (Phi) is 2.51. The largest absolute Gasteiger partial charge is 0.457 e. The van der Waals surface area contributed by atoms with Gasteiger partial charge in [0.2, 0.25) is 0 Å². The van der Waals surface area contributed by atoms with Gasteiger partial charge < -0.3 is 13.9 Å². The van der Waals surface area contributed by atoms with Crippen molar-refractivity contribution in [1.82, 2.24) is 14.5 Å². The molecule has 3 rings (SSSR count). The summed E-state index contributed by atoms with van der Waals surface area (Å²) < 4.78 is 7.63. The molecule has 2 aromatic heterocycles. The minimum Gasteiger partial charge on any atom is -0.457 e. The van der Waals surface area contributed by atoms with Gasteiger partial charge in [0, 0.05) is 25.5 Å². The molecule has 6 heteroatoms. The maximum Gasteiger partial charge on any atom is 0.258 e. The number of hydrogen-bond donors (Lipinski definition) is 0. The van der Waals surface area contributed by atoms with Crippen LogP contribution in [0, 0.1) is 0 Å². The van der Waals surface area contributed by atoms with E-state index in [0.29, 0.717) is 23.3 Å². The maximum atomic E-state index is 12.2. The number of furan rings is 1. The highest BCUT2D eigenvalue weighted by Gasteiger charge is 2.24. The summed E-state index contributed by atoms with van der Waals surface area (Å²) in [5.74, 6) is 0.893. The molecule has 0 unspecified atom stereocenters. The molecule has 17 heavy (non-hydrogen) atoms. The predicted octanol–water partition coefficient (Wildman–Crippen LogP) is 1.89. The lowest BCUT2D eigenvalue weighted by Gasteiger charge is -2.27. The van der Waals surface area contributed by atoms with Crippen molar-refractivity contribution in [3.05, 3.63) is 40.8 Å². The van der Waals surface area contributed by atoms with Gasteiger partial charge in [0.25, 0.3) is 5.91 Å². The zero-order valence-electron chi connectivity index (χ0n) is 8.97. The first-order valence-corrected chi connectivity index (χ1v) is 6.07. The van der Waals surface area contributed by atoms with E-state index in [0.717, 1.165) is 12.4 Å². The van der Waals surface area contributed by atoms with Crippen molar-refractivity contribution in [2.45, 2.75) is 13.1 Å². The number of halogens is 1. The minimum absolute atomic E-state index is 0.0279. The Balaban J connectivity index is 1.84. The molecule has 0 fully saturated rings. The summed E-state index contributed by atoms with van der Waals surface area (Å²) in [6, 6.07) is 1.67. The van der Waals surface area contributed by atoms with Crippen molar-refractivity contribution >= 4 is 21.8 Å². The van der Waals surface area contributed by atoms with E-state index in [9.17, 15) is 4.79 Å². The smallest absolute Gasteiger partial charge is 0.258 e. The van der Waals surface area contributed by atoms with Crippen molar-refractivity contribution in [1.29, 1.82) is 0 Å². The van der Waals surface area contributed by atoms with Gasteiger partial charge in [-0.1, -0.05) is 0 Å². The van der Waals surface area contributed by atoms with E-state index in [-0.39, 0.29) is 5.91 Å². The molecule has 0 saturated heterocycles. The van der Waals surface area contributed by atoms with Gasteiger partial charge in [-0.15, -0.1) is 0 Å². The Morgan fingerprint density at radius 3 is 3.12 bits per heavy atom. The Bertz CT molecular complexity index is 561. The summed E-state index contributed by atoms with van der Waals surface area (Å²) in [7, 11) is 0. The number of rotatable bonds is 1. The van der Waals surface area contributed by atoms with E-state index in [1.54, 1.807) is 17.2 Å². The zero-order chi connectivity index (χ0) is 11.8. The van der Waals surface area contributed by atoms with Gasteiger partial charge in [0.05, 0.1) is 18.4 Å². The van der Waals surface area contributed by atoms with Crippen molar-refractivity contribution in [2.75, 3.05) is 6.54 Å². The SMILES string of the molecule is O=C(c1ccoc1Br)N1CCn2ccnc2C1. The molecule has 5 nitrogen and oxygen atoms in total. The van der Waals surface area contributed by atoms with Gasteiger partial charge in [-0.2, -0.15) is 0 Å². The molecule has 3 heterocycles. The number of imidazole rings is 1. The number of hydrogen-bond acceptors (Lipinski definition) is 3. The third-order valence-corrected chi connectivity index (χ3v) is 3.49. The van der Waals surface area contributed by atoms with Crippen LogP contribution in [0.1, 0.15) is 16.2 Å².